The minimum absolute atomic E-state index is 0.00487. The van der Waals surface area contributed by atoms with Crippen LogP contribution in [0.25, 0.3) is 11.1 Å². The van der Waals surface area contributed by atoms with E-state index in [9.17, 15) is 9.59 Å². The van der Waals surface area contributed by atoms with E-state index in [2.05, 4.69) is 34.9 Å². The summed E-state index contributed by atoms with van der Waals surface area (Å²) in [6.45, 7) is 2.73. The number of ether oxygens (including phenoxy) is 1. The molecule has 2 aromatic carbocycles. The molecule has 1 heterocycles. The molecule has 2 aromatic rings. The zero-order valence-corrected chi connectivity index (χ0v) is 15.8. The van der Waals surface area contributed by atoms with Gasteiger partial charge in [-0.3, -0.25) is 4.79 Å². The van der Waals surface area contributed by atoms with Crippen LogP contribution in [0.2, 0.25) is 0 Å². The van der Waals surface area contributed by atoms with E-state index >= 15 is 0 Å². The molecule has 0 spiro atoms. The number of amides is 1. The van der Waals surface area contributed by atoms with Crippen molar-refractivity contribution in [3.8, 4) is 11.1 Å². The number of fused-ring (bicyclic) bond motifs is 3. The van der Waals surface area contributed by atoms with Gasteiger partial charge in [-0.15, -0.1) is 0 Å². The van der Waals surface area contributed by atoms with E-state index in [4.69, 9.17) is 9.84 Å². The zero-order valence-electron chi connectivity index (χ0n) is 15.8. The Morgan fingerprint density at radius 2 is 1.75 bits per heavy atom. The van der Waals surface area contributed by atoms with Crippen LogP contribution in [0.3, 0.4) is 0 Å². The first-order chi connectivity index (χ1) is 13.5. The second-order valence-corrected chi connectivity index (χ2v) is 7.73. The average Bonchev–Trinajstić information content (AvgIpc) is 3.17. The van der Waals surface area contributed by atoms with Crippen LogP contribution in [0.15, 0.2) is 48.5 Å². The number of carboxylic acids is 1. The molecule has 1 saturated heterocycles. The Balaban J connectivity index is 1.44. The summed E-state index contributed by atoms with van der Waals surface area (Å²) in [5, 5.41) is 15.2. The van der Waals surface area contributed by atoms with Crippen LogP contribution in [0.4, 0.5) is 4.79 Å². The molecule has 1 aliphatic heterocycles. The molecule has 3 N–H and O–H groups in total. The summed E-state index contributed by atoms with van der Waals surface area (Å²) >= 11 is 0. The maximum atomic E-state index is 12.4. The number of alkyl carbamates (subject to hydrolysis) is 1. The molecule has 6 nitrogen and oxygen atoms in total. The van der Waals surface area contributed by atoms with Crippen molar-refractivity contribution in [1.29, 1.82) is 0 Å². The smallest absolute Gasteiger partial charge is 0.407 e. The van der Waals surface area contributed by atoms with Crippen molar-refractivity contribution in [2.45, 2.75) is 37.3 Å². The van der Waals surface area contributed by atoms with Crippen molar-refractivity contribution in [3.63, 3.8) is 0 Å². The molecule has 1 aliphatic carbocycles. The predicted octanol–water partition coefficient (Wildman–Crippen LogP) is 3.12. The maximum absolute atomic E-state index is 12.4. The fraction of sp³-hybridized carbons (Fsp3) is 0.364. The standard InChI is InChI=1S/C22H24N2O4/c1-22(12-20(25)26)19(10-11-23-22)24-21(27)28-13-18-16-8-4-2-6-14(16)15-7-3-5-9-17(15)18/h2-9,18-19,23H,10-13H2,1H3,(H,24,27)(H,25,26)/t19-,22+/m0/s1. The second kappa shape index (κ2) is 7.28. The highest BCUT2D eigenvalue weighted by molar-refractivity contribution is 5.79. The van der Waals surface area contributed by atoms with Gasteiger partial charge in [-0.2, -0.15) is 0 Å². The number of hydrogen-bond acceptors (Lipinski definition) is 4. The van der Waals surface area contributed by atoms with Gasteiger partial charge in [0.25, 0.3) is 0 Å². The van der Waals surface area contributed by atoms with Crippen molar-refractivity contribution in [2.24, 2.45) is 0 Å². The highest BCUT2D eigenvalue weighted by Gasteiger charge is 2.41. The first-order valence-corrected chi connectivity index (χ1v) is 9.56. The van der Waals surface area contributed by atoms with Crippen LogP contribution in [0.5, 0.6) is 0 Å². The highest BCUT2D eigenvalue weighted by Crippen LogP contribution is 2.44. The SMILES string of the molecule is C[C@]1(CC(=O)O)NCC[C@@H]1NC(=O)OCC1c2ccccc2-c2ccccc21. The van der Waals surface area contributed by atoms with E-state index in [-0.39, 0.29) is 25.0 Å². The van der Waals surface area contributed by atoms with Crippen LogP contribution in [-0.2, 0) is 9.53 Å². The average molecular weight is 380 g/mol. The maximum Gasteiger partial charge on any atom is 0.407 e. The molecule has 2 aliphatic rings. The molecule has 0 bridgehead atoms. The van der Waals surface area contributed by atoms with Crippen molar-refractivity contribution < 1.29 is 19.4 Å². The summed E-state index contributed by atoms with van der Waals surface area (Å²) in [6, 6.07) is 16.1. The lowest BCUT2D eigenvalue weighted by Crippen LogP contribution is -2.54. The third kappa shape index (κ3) is 3.36. The first-order valence-electron chi connectivity index (χ1n) is 9.56. The first kappa shape index (κ1) is 18.5. The van der Waals surface area contributed by atoms with Gasteiger partial charge < -0.3 is 20.5 Å². The molecule has 1 amide bonds. The molecular weight excluding hydrogens is 356 g/mol. The summed E-state index contributed by atoms with van der Waals surface area (Å²) in [6.07, 6.45) is 0.113. The largest absolute Gasteiger partial charge is 0.481 e. The number of nitrogens with one attached hydrogen (secondary N) is 2. The molecule has 146 valence electrons. The quantitative estimate of drug-likeness (QED) is 0.742. The molecule has 2 atom stereocenters. The zero-order chi connectivity index (χ0) is 19.7. The van der Waals surface area contributed by atoms with Crippen LogP contribution < -0.4 is 10.6 Å². The fourth-order valence-corrected chi connectivity index (χ4v) is 4.46. The summed E-state index contributed by atoms with van der Waals surface area (Å²) < 4.78 is 5.57. The van der Waals surface area contributed by atoms with Crippen LogP contribution in [0, 0.1) is 0 Å². The number of rotatable bonds is 5. The van der Waals surface area contributed by atoms with Gasteiger partial charge >= 0.3 is 12.1 Å². The van der Waals surface area contributed by atoms with E-state index in [1.807, 2.05) is 31.2 Å². The summed E-state index contributed by atoms with van der Waals surface area (Å²) in [7, 11) is 0. The number of hydrogen-bond donors (Lipinski definition) is 3. The Morgan fingerprint density at radius 3 is 2.36 bits per heavy atom. The minimum Gasteiger partial charge on any atom is -0.481 e. The molecule has 28 heavy (non-hydrogen) atoms. The Labute approximate surface area is 163 Å². The minimum atomic E-state index is -0.892. The van der Waals surface area contributed by atoms with Gasteiger partial charge in [0.1, 0.15) is 6.61 Å². The number of carbonyl (C=O) groups excluding carboxylic acids is 1. The van der Waals surface area contributed by atoms with E-state index in [1.165, 1.54) is 11.1 Å². The molecular formula is C22H24N2O4. The van der Waals surface area contributed by atoms with E-state index < -0.39 is 17.6 Å². The molecule has 0 saturated carbocycles. The molecule has 0 unspecified atom stereocenters. The number of carboxylic acid groups (broad SMARTS) is 1. The van der Waals surface area contributed by atoms with Crippen molar-refractivity contribution in [1.82, 2.24) is 10.6 Å². The molecule has 1 fully saturated rings. The highest BCUT2D eigenvalue weighted by atomic mass is 16.5. The summed E-state index contributed by atoms with van der Waals surface area (Å²) in [4.78, 5) is 23.6. The third-order valence-corrected chi connectivity index (χ3v) is 5.89. The Morgan fingerprint density at radius 1 is 1.14 bits per heavy atom. The molecule has 0 aromatic heterocycles. The predicted molar refractivity (Wildman–Crippen MR) is 105 cm³/mol. The lowest BCUT2D eigenvalue weighted by Gasteiger charge is -2.30. The Hall–Kier alpha value is -2.86. The van der Waals surface area contributed by atoms with E-state index in [1.54, 1.807) is 0 Å². The van der Waals surface area contributed by atoms with Crippen molar-refractivity contribution >= 4 is 12.1 Å². The van der Waals surface area contributed by atoms with Gasteiger partial charge in [0, 0.05) is 11.5 Å². The van der Waals surface area contributed by atoms with Gasteiger partial charge in [0.15, 0.2) is 0 Å². The molecule has 0 radical (unpaired) electrons. The van der Waals surface area contributed by atoms with Gasteiger partial charge in [0.05, 0.1) is 12.5 Å². The summed E-state index contributed by atoms with van der Waals surface area (Å²) in [5.41, 5.74) is 4.02. The van der Waals surface area contributed by atoms with Crippen LogP contribution >= 0.6 is 0 Å². The van der Waals surface area contributed by atoms with Gasteiger partial charge in [0.2, 0.25) is 0 Å². The normalized spacial score (nSPS) is 23.1. The number of aliphatic carboxylic acids is 1. The topological polar surface area (TPSA) is 87.7 Å². The lowest BCUT2D eigenvalue weighted by molar-refractivity contribution is -0.138. The third-order valence-electron chi connectivity index (χ3n) is 5.89. The van der Waals surface area contributed by atoms with E-state index in [0.29, 0.717) is 13.0 Å². The van der Waals surface area contributed by atoms with E-state index in [0.717, 1.165) is 11.1 Å². The monoisotopic (exact) mass is 380 g/mol. The Bertz CT molecular complexity index is 867. The fourth-order valence-electron chi connectivity index (χ4n) is 4.46. The molecule has 4 rings (SSSR count). The van der Waals surface area contributed by atoms with Gasteiger partial charge in [-0.25, -0.2) is 4.79 Å². The van der Waals surface area contributed by atoms with Crippen molar-refractivity contribution in [3.05, 3.63) is 59.7 Å². The van der Waals surface area contributed by atoms with Crippen molar-refractivity contribution in [2.75, 3.05) is 13.2 Å². The Kier molecular flexibility index (Phi) is 4.81. The van der Waals surface area contributed by atoms with Crippen LogP contribution in [0.1, 0.15) is 36.8 Å². The van der Waals surface area contributed by atoms with Gasteiger partial charge in [-0.1, -0.05) is 48.5 Å². The lowest BCUT2D eigenvalue weighted by atomic mass is 9.91. The second-order valence-electron chi connectivity index (χ2n) is 7.73. The number of benzene rings is 2. The van der Waals surface area contributed by atoms with Gasteiger partial charge in [-0.05, 0) is 42.1 Å². The van der Waals surface area contributed by atoms with Crippen LogP contribution in [-0.4, -0.2) is 41.9 Å². The number of carbonyl (C=O) groups is 2. The summed E-state index contributed by atoms with van der Waals surface area (Å²) in [5.74, 6) is -0.888. The molecule has 6 heteroatoms.